The Morgan fingerprint density at radius 2 is 1.87 bits per heavy atom. The van der Waals surface area contributed by atoms with Gasteiger partial charge in [0.25, 0.3) is 5.91 Å². The van der Waals surface area contributed by atoms with Gasteiger partial charge in [-0.1, -0.05) is 0 Å². The first kappa shape index (κ1) is 18.8. The molecule has 7 heteroatoms. The van der Waals surface area contributed by atoms with Crippen LogP contribution in [-0.4, -0.2) is 58.8 Å². The Kier molecular flexibility index (Phi) is 4.28. The number of hydrogen-bond acceptors (Lipinski definition) is 4. The van der Waals surface area contributed by atoms with Crippen molar-refractivity contribution in [2.75, 3.05) is 26.2 Å². The molecule has 0 unspecified atom stereocenters. The quantitative estimate of drug-likeness (QED) is 0.819. The van der Waals surface area contributed by atoms with Gasteiger partial charge in [-0.3, -0.25) is 14.3 Å². The molecule has 2 amide bonds. The topological polar surface area (TPSA) is 76.5 Å². The van der Waals surface area contributed by atoms with E-state index in [1.807, 2.05) is 0 Å². The summed E-state index contributed by atoms with van der Waals surface area (Å²) in [4.78, 5) is 28.2. The van der Waals surface area contributed by atoms with Crippen LogP contribution in [0.2, 0.25) is 0 Å². The summed E-state index contributed by atoms with van der Waals surface area (Å²) >= 11 is 0. The van der Waals surface area contributed by atoms with E-state index in [-0.39, 0.29) is 23.3 Å². The molecule has 6 fully saturated rings. The lowest BCUT2D eigenvalue weighted by atomic mass is 9.49. The van der Waals surface area contributed by atoms with Crippen LogP contribution in [-0.2, 0) is 16.6 Å². The number of ether oxygens (including phenoxy) is 1. The van der Waals surface area contributed by atoms with Crippen molar-refractivity contribution < 1.29 is 14.3 Å². The minimum absolute atomic E-state index is 0.0728. The monoisotopic (exact) mass is 412 g/mol. The molecule has 162 valence electrons. The van der Waals surface area contributed by atoms with Crippen LogP contribution in [0.4, 0.5) is 0 Å². The van der Waals surface area contributed by atoms with Crippen LogP contribution in [0.15, 0.2) is 12.3 Å². The molecule has 0 aromatic carbocycles. The number of aromatic nitrogens is 2. The third-order valence-corrected chi connectivity index (χ3v) is 8.80. The maximum Gasteiger partial charge on any atom is 0.269 e. The average Bonchev–Trinajstić information content (AvgIpc) is 3.40. The molecular weight excluding hydrogens is 380 g/mol. The molecule has 1 aromatic heterocycles. The normalized spacial score (nSPS) is 41.3. The van der Waals surface area contributed by atoms with Crippen molar-refractivity contribution in [1.29, 1.82) is 0 Å². The number of amides is 2. The Labute approximate surface area is 177 Å². The van der Waals surface area contributed by atoms with Gasteiger partial charge < -0.3 is 15.0 Å². The zero-order chi connectivity index (χ0) is 20.5. The van der Waals surface area contributed by atoms with Crippen LogP contribution >= 0.6 is 0 Å². The molecule has 4 bridgehead atoms. The lowest BCUT2D eigenvalue weighted by Crippen LogP contribution is -2.54. The van der Waals surface area contributed by atoms with Crippen molar-refractivity contribution in [3.8, 4) is 0 Å². The smallest absolute Gasteiger partial charge is 0.269 e. The molecule has 1 N–H and O–H groups in total. The van der Waals surface area contributed by atoms with Gasteiger partial charge in [0.1, 0.15) is 5.69 Å². The van der Waals surface area contributed by atoms with E-state index in [9.17, 15) is 9.59 Å². The van der Waals surface area contributed by atoms with Crippen LogP contribution in [0.5, 0.6) is 0 Å². The summed E-state index contributed by atoms with van der Waals surface area (Å²) in [7, 11) is 1.77. The van der Waals surface area contributed by atoms with Crippen molar-refractivity contribution in [3.63, 3.8) is 0 Å². The number of nitrogens with one attached hydrogen (secondary N) is 1. The molecule has 30 heavy (non-hydrogen) atoms. The lowest BCUT2D eigenvalue weighted by molar-refractivity contribution is -0.157. The number of nitrogens with zero attached hydrogens (tertiary/aromatic N) is 3. The van der Waals surface area contributed by atoms with Gasteiger partial charge >= 0.3 is 0 Å². The fourth-order valence-corrected chi connectivity index (χ4v) is 7.79. The Morgan fingerprint density at radius 3 is 2.50 bits per heavy atom. The van der Waals surface area contributed by atoms with E-state index in [0.29, 0.717) is 30.7 Å². The highest BCUT2D eigenvalue weighted by molar-refractivity contribution is 5.92. The zero-order valence-corrected chi connectivity index (χ0v) is 17.8. The van der Waals surface area contributed by atoms with Gasteiger partial charge in [-0.2, -0.15) is 5.10 Å². The lowest BCUT2D eigenvalue weighted by Gasteiger charge is -2.56. The summed E-state index contributed by atoms with van der Waals surface area (Å²) in [5.74, 6) is 3.27. The zero-order valence-electron chi connectivity index (χ0n) is 17.8. The molecule has 4 aliphatic carbocycles. The molecule has 3 atom stereocenters. The van der Waals surface area contributed by atoms with Crippen molar-refractivity contribution in [1.82, 2.24) is 20.0 Å². The highest BCUT2D eigenvalue weighted by Crippen LogP contribution is 2.60. The van der Waals surface area contributed by atoms with Gasteiger partial charge in [0.05, 0.1) is 18.1 Å². The molecule has 7 nitrogen and oxygen atoms in total. The van der Waals surface area contributed by atoms with Crippen LogP contribution in [0, 0.1) is 35.0 Å². The first-order chi connectivity index (χ1) is 14.5. The van der Waals surface area contributed by atoms with E-state index in [1.54, 1.807) is 24.0 Å². The van der Waals surface area contributed by atoms with Crippen molar-refractivity contribution >= 4 is 11.8 Å². The minimum atomic E-state index is -0.0991. The third kappa shape index (κ3) is 2.92. The highest BCUT2D eigenvalue weighted by Gasteiger charge is 2.57. The van der Waals surface area contributed by atoms with Crippen LogP contribution in [0.3, 0.4) is 0 Å². The van der Waals surface area contributed by atoms with Gasteiger partial charge in [-0.15, -0.1) is 0 Å². The van der Waals surface area contributed by atoms with E-state index < -0.39 is 0 Å². The van der Waals surface area contributed by atoms with Crippen LogP contribution < -0.4 is 5.32 Å². The number of carbonyl (C=O) groups excluding carboxylic acids is 2. The summed E-state index contributed by atoms with van der Waals surface area (Å²) in [5.41, 5.74) is 0.492. The number of carbonyl (C=O) groups is 2. The minimum Gasteiger partial charge on any atom is -0.376 e. The second kappa shape index (κ2) is 6.81. The average molecular weight is 413 g/mol. The number of likely N-dealkylation sites (tertiary alicyclic amines) is 1. The van der Waals surface area contributed by atoms with Crippen molar-refractivity contribution in [2.24, 2.45) is 42.1 Å². The van der Waals surface area contributed by atoms with E-state index in [2.05, 4.69) is 15.3 Å². The third-order valence-electron chi connectivity index (χ3n) is 8.80. The largest absolute Gasteiger partial charge is 0.376 e. The molecule has 0 spiro atoms. The molecule has 4 saturated carbocycles. The van der Waals surface area contributed by atoms with Gasteiger partial charge in [0.2, 0.25) is 5.91 Å². The summed E-state index contributed by atoms with van der Waals surface area (Å²) in [6.07, 6.45) is 9.20. The number of hydrogen-bond donors (Lipinski definition) is 1. The molecule has 6 aliphatic rings. The second-order valence-corrected chi connectivity index (χ2v) is 10.8. The molecule has 1 aromatic rings. The van der Waals surface area contributed by atoms with Crippen LogP contribution in [0.25, 0.3) is 0 Å². The molecular formula is C23H32N4O3. The van der Waals surface area contributed by atoms with E-state index in [1.165, 1.54) is 19.3 Å². The fourth-order valence-electron chi connectivity index (χ4n) is 7.79. The van der Waals surface area contributed by atoms with Crippen LogP contribution in [0.1, 0.15) is 49.0 Å². The Bertz CT molecular complexity index is 829. The van der Waals surface area contributed by atoms with E-state index in [0.717, 1.165) is 50.1 Å². The summed E-state index contributed by atoms with van der Waals surface area (Å²) in [6.45, 7) is 2.78. The predicted molar refractivity (Wildman–Crippen MR) is 109 cm³/mol. The SMILES string of the molecule is Cn1nccc1C(=O)NC[C@H]1CO[C@@H]2CN(C(=O)C34CC5CC(CC(C5)C3)C4)C[C@H]12. The highest BCUT2D eigenvalue weighted by atomic mass is 16.5. The molecule has 2 aliphatic heterocycles. The van der Waals surface area contributed by atoms with Gasteiger partial charge in [-0.05, 0) is 62.3 Å². The summed E-state index contributed by atoms with van der Waals surface area (Å²) in [5, 5.41) is 7.11. The second-order valence-electron chi connectivity index (χ2n) is 10.8. The fraction of sp³-hybridized carbons (Fsp3) is 0.783. The first-order valence-electron chi connectivity index (χ1n) is 11.7. The van der Waals surface area contributed by atoms with Crippen molar-refractivity contribution in [3.05, 3.63) is 18.0 Å². The van der Waals surface area contributed by atoms with E-state index in [4.69, 9.17) is 4.74 Å². The number of aryl methyl sites for hydroxylation is 1. The Morgan fingerprint density at radius 1 is 1.17 bits per heavy atom. The van der Waals surface area contributed by atoms with Gasteiger partial charge in [0.15, 0.2) is 0 Å². The van der Waals surface area contributed by atoms with Gasteiger partial charge in [-0.25, -0.2) is 0 Å². The number of fused-ring (bicyclic) bond motifs is 1. The molecule has 2 saturated heterocycles. The Balaban J connectivity index is 1.10. The maximum atomic E-state index is 13.7. The van der Waals surface area contributed by atoms with E-state index >= 15 is 0 Å². The first-order valence-corrected chi connectivity index (χ1v) is 11.7. The molecule has 0 radical (unpaired) electrons. The predicted octanol–water partition coefficient (Wildman–Crippen LogP) is 1.84. The van der Waals surface area contributed by atoms with Crippen molar-refractivity contribution in [2.45, 2.75) is 44.6 Å². The Hall–Kier alpha value is -1.89. The molecule has 7 rings (SSSR count). The molecule has 3 heterocycles. The summed E-state index contributed by atoms with van der Waals surface area (Å²) in [6, 6.07) is 1.73. The number of rotatable bonds is 4. The maximum absolute atomic E-state index is 13.7. The van der Waals surface area contributed by atoms with Gasteiger partial charge in [0, 0.05) is 44.7 Å². The standard InChI is InChI=1S/C23H32N4O3/c1-26-19(2-3-25-26)21(28)24-10-17-13-30-20-12-27(11-18(17)20)22(29)23-7-14-4-15(8-23)6-16(5-14)9-23/h2-3,14-18,20H,4-13H2,1H3,(H,24,28)/t14?,15?,16?,17-,18+,20+,23?/m0/s1. The summed E-state index contributed by atoms with van der Waals surface area (Å²) < 4.78 is 7.66.